The van der Waals surface area contributed by atoms with E-state index in [9.17, 15) is 18.3 Å². The monoisotopic (exact) mass is 581 g/mol. The molecule has 0 spiro atoms. The van der Waals surface area contributed by atoms with Crippen molar-refractivity contribution in [3.63, 3.8) is 0 Å². The molecule has 2 aromatic carbocycles. The summed E-state index contributed by atoms with van der Waals surface area (Å²) in [6.07, 6.45) is -0.507. The molecule has 8 nitrogen and oxygen atoms in total. The fourth-order valence-corrected chi connectivity index (χ4v) is 7.82. The number of para-hydroxylation sites is 1. The van der Waals surface area contributed by atoms with Gasteiger partial charge in [-0.3, -0.25) is 4.79 Å². The highest BCUT2D eigenvalue weighted by Crippen LogP contribution is 2.38. The van der Waals surface area contributed by atoms with E-state index >= 15 is 0 Å². The average Bonchev–Trinajstić information content (AvgIpc) is 3.60. The van der Waals surface area contributed by atoms with E-state index in [0.717, 1.165) is 27.6 Å². The number of likely N-dealkylation sites (N-methyl/N-ethyl adjacent to an activating group) is 1. The lowest BCUT2D eigenvalue weighted by Crippen LogP contribution is -2.48. The SMILES string of the molecule is C[C@@H]1CN([C@H](C)CO)C(=O)c2c(c3ccccc3n2C)-c2ccccc2CO[C@@H]1CN(C)S(=O)(=O)c1cccs1. The Morgan fingerprint density at radius 1 is 1.12 bits per heavy atom. The van der Waals surface area contributed by atoms with Gasteiger partial charge in [0.05, 0.1) is 25.4 Å². The van der Waals surface area contributed by atoms with Crippen LogP contribution in [0.1, 0.15) is 29.9 Å². The van der Waals surface area contributed by atoms with Crippen LogP contribution in [-0.2, 0) is 28.4 Å². The molecule has 40 heavy (non-hydrogen) atoms. The Labute approximate surface area is 239 Å². The first-order valence-electron chi connectivity index (χ1n) is 13.3. The minimum Gasteiger partial charge on any atom is -0.394 e. The number of hydrogen-bond acceptors (Lipinski definition) is 6. The number of carbonyl (C=O) groups is 1. The van der Waals surface area contributed by atoms with Crippen molar-refractivity contribution in [1.29, 1.82) is 0 Å². The lowest BCUT2D eigenvalue weighted by atomic mass is 9.96. The first-order valence-corrected chi connectivity index (χ1v) is 15.7. The third-order valence-electron chi connectivity index (χ3n) is 7.82. The number of benzene rings is 2. The number of aliphatic hydroxyl groups is 1. The molecule has 2 aromatic heterocycles. The molecule has 4 aromatic rings. The van der Waals surface area contributed by atoms with Gasteiger partial charge in [-0.15, -0.1) is 11.3 Å². The maximum Gasteiger partial charge on any atom is 0.271 e. The number of ether oxygens (including phenoxy) is 1. The molecule has 0 unspecified atom stereocenters. The standard InChI is InChI=1S/C30H35N3O5S2/c1-20-16-33(21(2)18-34)30(35)29-28(24-12-7-8-13-25(24)32(29)4)23-11-6-5-10-22(23)19-38-26(20)17-31(3)40(36,37)27-14-9-15-39-27/h5-15,20-21,26,34H,16-19H2,1-4H3/t20-,21-,26-/m1/s1. The van der Waals surface area contributed by atoms with Crippen molar-refractivity contribution in [1.82, 2.24) is 13.8 Å². The van der Waals surface area contributed by atoms with Crippen LogP contribution in [0, 0.1) is 5.92 Å². The summed E-state index contributed by atoms with van der Waals surface area (Å²) in [5.74, 6) is -0.417. The highest BCUT2D eigenvalue weighted by molar-refractivity contribution is 7.91. The van der Waals surface area contributed by atoms with Crippen LogP contribution in [0.25, 0.3) is 22.0 Å². The summed E-state index contributed by atoms with van der Waals surface area (Å²) in [5, 5.41) is 12.9. The fourth-order valence-electron chi connectivity index (χ4n) is 5.44. The van der Waals surface area contributed by atoms with Gasteiger partial charge in [-0.25, -0.2) is 8.42 Å². The molecule has 0 saturated heterocycles. The Morgan fingerprint density at radius 3 is 2.58 bits per heavy atom. The van der Waals surface area contributed by atoms with E-state index in [4.69, 9.17) is 4.74 Å². The van der Waals surface area contributed by atoms with E-state index in [0.29, 0.717) is 5.69 Å². The number of aryl methyl sites for hydroxylation is 1. The third-order valence-corrected chi connectivity index (χ3v) is 11.0. The van der Waals surface area contributed by atoms with E-state index in [-0.39, 0.29) is 42.3 Å². The van der Waals surface area contributed by atoms with Crippen LogP contribution in [0.3, 0.4) is 0 Å². The fraction of sp³-hybridized carbons (Fsp3) is 0.367. The molecule has 5 rings (SSSR count). The summed E-state index contributed by atoms with van der Waals surface area (Å²) in [7, 11) is -0.226. The van der Waals surface area contributed by atoms with Crippen LogP contribution in [0.4, 0.5) is 0 Å². The van der Waals surface area contributed by atoms with Crippen molar-refractivity contribution < 1.29 is 23.1 Å². The summed E-state index contributed by atoms with van der Waals surface area (Å²) >= 11 is 1.18. The zero-order valence-electron chi connectivity index (χ0n) is 23.1. The molecule has 1 amide bonds. The quantitative estimate of drug-likeness (QED) is 0.360. The highest BCUT2D eigenvalue weighted by Gasteiger charge is 2.35. The van der Waals surface area contributed by atoms with Gasteiger partial charge in [-0.05, 0) is 35.6 Å². The summed E-state index contributed by atoms with van der Waals surface area (Å²) in [4.78, 5) is 16.1. The molecule has 3 heterocycles. The smallest absolute Gasteiger partial charge is 0.271 e. The first-order chi connectivity index (χ1) is 19.1. The molecule has 0 radical (unpaired) electrons. The van der Waals surface area contributed by atoms with Gasteiger partial charge in [0, 0.05) is 49.6 Å². The first kappa shape index (κ1) is 28.5. The van der Waals surface area contributed by atoms with Crippen LogP contribution in [0.2, 0.25) is 0 Å². The van der Waals surface area contributed by atoms with Crippen molar-refractivity contribution in [2.24, 2.45) is 13.0 Å². The van der Waals surface area contributed by atoms with Gasteiger partial charge < -0.3 is 19.3 Å². The van der Waals surface area contributed by atoms with Gasteiger partial charge in [0.2, 0.25) is 0 Å². The second kappa shape index (κ2) is 11.5. The van der Waals surface area contributed by atoms with Crippen molar-refractivity contribution in [2.45, 2.75) is 36.8 Å². The number of aliphatic hydroxyl groups excluding tert-OH is 1. The Morgan fingerprint density at radius 2 is 1.85 bits per heavy atom. The Bertz CT molecular complexity index is 1610. The van der Waals surface area contributed by atoms with Crippen molar-refractivity contribution in [3.05, 3.63) is 77.3 Å². The summed E-state index contributed by atoms with van der Waals surface area (Å²) < 4.78 is 36.5. The number of hydrogen-bond donors (Lipinski definition) is 1. The van der Waals surface area contributed by atoms with Crippen molar-refractivity contribution in [2.75, 3.05) is 26.7 Å². The van der Waals surface area contributed by atoms with Crippen LogP contribution in [0.15, 0.2) is 70.3 Å². The number of carbonyl (C=O) groups excluding carboxylic acids is 1. The molecule has 10 heteroatoms. The second-order valence-corrected chi connectivity index (χ2v) is 13.7. The van der Waals surface area contributed by atoms with E-state index in [1.54, 1.807) is 29.5 Å². The molecular formula is C30H35N3O5S2. The van der Waals surface area contributed by atoms with Gasteiger partial charge >= 0.3 is 0 Å². The second-order valence-electron chi connectivity index (χ2n) is 10.5. The maximum atomic E-state index is 14.4. The Hall–Kier alpha value is -3.02. The summed E-state index contributed by atoms with van der Waals surface area (Å²) in [6.45, 7) is 4.25. The summed E-state index contributed by atoms with van der Waals surface area (Å²) in [6, 6.07) is 18.7. The summed E-state index contributed by atoms with van der Waals surface area (Å²) in [5.41, 5.74) is 4.14. The van der Waals surface area contributed by atoms with Crippen LogP contribution in [-0.4, -0.2) is 72.1 Å². The topological polar surface area (TPSA) is 92.1 Å². The number of nitrogens with zero attached hydrogens (tertiary/aromatic N) is 3. The molecule has 212 valence electrons. The molecule has 1 aliphatic rings. The average molecular weight is 582 g/mol. The number of thiophene rings is 1. The molecule has 1 aliphatic heterocycles. The zero-order valence-corrected chi connectivity index (χ0v) is 24.8. The van der Waals surface area contributed by atoms with Gasteiger partial charge in [0.15, 0.2) is 0 Å². The number of fused-ring (bicyclic) bond motifs is 5. The van der Waals surface area contributed by atoms with E-state index in [2.05, 4.69) is 0 Å². The van der Waals surface area contributed by atoms with E-state index < -0.39 is 22.2 Å². The number of sulfonamides is 1. The largest absolute Gasteiger partial charge is 0.394 e. The number of rotatable bonds is 6. The number of aromatic nitrogens is 1. The molecule has 0 fully saturated rings. The van der Waals surface area contributed by atoms with Crippen molar-refractivity contribution in [3.8, 4) is 11.1 Å². The van der Waals surface area contributed by atoms with E-state index in [1.807, 2.05) is 74.0 Å². The minimum absolute atomic E-state index is 0.120. The zero-order chi connectivity index (χ0) is 28.6. The lowest BCUT2D eigenvalue weighted by molar-refractivity contribution is -0.0147. The van der Waals surface area contributed by atoms with Gasteiger partial charge in [-0.2, -0.15) is 4.31 Å². The third kappa shape index (κ3) is 5.10. The molecule has 3 atom stereocenters. The molecular weight excluding hydrogens is 546 g/mol. The molecule has 0 bridgehead atoms. The normalized spacial score (nSPS) is 19.4. The van der Waals surface area contributed by atoms with Crippen molar-refractivity contribution >= 4 is 38.2 Å². The Balaban J connectivity index is 1.63. The van der Waals surface area contributed by atoms with Crippen LogP contribution in [0.5, 0.6) is 0 Å². The highest BCUT2D eigenvalue weighted by atomic mass is 32.2. The Kier molecular flexibility index (Phi) is 8.17. The predicted octanol–water partition coefficient (Wildman–Crippen LogP) is 4.59. The molecule has 0 saturated carbocycles. The number of amides is 1. The maximum absolute atomic E-state index is 14.4. The van der Waals surface area contributed by atoms with E-state index in [1.165, 1.54) is 15.6 Å². The van der Waals surface area contributed by atoms with Crippen LogP contribution >= 0.6 is 11.3 Å². The predicted molar refractivity (Wildman–Crippen MR) is 158 cm³/mol. The molecule has 0 aliphatic carbocycles. The van der Waals surface area contributed by atoms with Crippen LogP contribution < -0.4 is 0 Å². The van der Waals surface area contributed by atoms with Gasteiger partial charge in [0.1, 0.15) is 9.90 Å². The molecule has 1 N–H and O–H groups in total. The van der Waals surface area contributed by atoms with Gasteiger partial charge in [-0.1, -0.05) is 55.5 Å². The lowest BCUT2D eigenvalue weighted by Gasteiger charge is -2.34. The minimum atomic E-state index is -3.69. The van der Waals surface area contributed by atoms with Gasteiger partial charge in [0.25, 0.3) is 15.9 Å².